The smallest absolute Gasteiger partial charge is 0.487 e. The van der Waals surface area contributed by atoms with Gasteiger partial charge < -0.3 is 20.9 Å². The summed E-state index contributed by atoms with van der Waals surface area (Å²) in [6.45, 7) is 12.4. The second kappa shape index (κ2) is 12.6. The van der Waals surface area contributed by atoms with E-state index in [1.54, 1.807) is 17.3 Å². The van der Waals surface area contributed by atoms with E-state index in [0.717, 1.165) is 29.7 Å². The van der Waals surface area contributed by atoms with E-state index in [0.29, 0.717) is 12.8 Å². The lowest BCUT2D eigenvalue weighted by Gasteiger charge is -2.40. The number of carbonyl (C=O) groups excluding carboxylic acids is 2. The summed E-state index contributed by atoms with van der Waals surface area (Å²) >= 11 is 0. The van der Waals surface area contributed by atoms with Crippen LogP contribution in [0.2, 0.25) is 0 Å². The number of pyridine rings is 1. The van der Waals surface area contributed by atoms with E-state index >= 15 is 0 Å². The number of aliphatic imine (C=N–C) groups is 1. The number of benzene rings is 1. The predicted octanol–water partition coefficient (Wildman–Crippen LogP) is 5.55. The quantitative estimate of drug-likeness (QED) is 0.358. The molecule has 1 aromatic carbocycles. The molecule has 46 heavy (non-hydrogen) atoms. The van der Waals surface area contributed by atoms with Gasteiger partial charge in [0.25, 0.3) is 0 Å². The zero-order valence-electron chi connectivity index (χ0n) is 26.9. The largest absolute Gasteiger partial charge is 0.490 e. The molecule has 3 aliphatic rings. The summed E-state index contributed by atoms with van der Waals surface area (Å²) in [7, 11) is 0. The molecule has 250 valence electrons. The maximum absolute atomic E-state index is 14.0. The molecule has 0 bridgehead atoms. The van der Waals surface area contributed by atoms with Crippen LogP contribution in [-0.2, 0) is 14.4 Å². The molecule has 4 atom stereocenters. The molecule has 5 rings (SSSR count). The molecule has 3 unspecified atom stereocenters. The van der Waals surface area contributed by atoms with Gasteiger partial charge in [-0.15, -0.1) is 0 Å². The number of para-hydroxylation sites is 1. The first-order valence-electron chi connectivity index (χ1n) is 15.3. The van der Waals surface area contributed by atoms with Crippen LogP contribution in [0, 0.1) is 17.3 Å². The first-order valence-corrected chi connectivity index (χ1v) is 15.3. The van der Waals surface area contributed by atoms with E-state index in [4.69, 9.17) is 25.4 Å². The van der Waals surface area contributed by atoms with Crippen molar-refractivity contribution in [1.82, 2.24) is 15.2 Å². The van der Waals surface area contributed by atoms with E-state index in [-0.39, 0.29) is 41.1 Å². The zero-order chi connectivity index (χ0) is 34.2. The van der Waals surface area contributed by atoms with Crippen LogP contribution in [0.4, 0.5) is 13.2 Å². The molecular weight excluding hydrogens is 603 g/mol. The zero-order valence-corrected chi connectivity index (χ0v) is 26.9. The number of nitrogens with one attached hydrogen (secondary N) is 1. The highest BCUT2D eigenvalue weighted by Crippen LogP contribution is 2.65. The van der Waals surface area contributed by atoms with Crippen molar-refractivity contribution in [3.8, 4) is 5.75 Å². The van der Waals surface area contributed by atoms with Crippen molar-refractivity contribution in [2.75, 3.05) is 0 Å². The van der Waals surface area contributed by atoms with Crippen LogP contribution >= 0.6 is 0 Å². The molecule has 2 aliphatic heterocycles. The molecule has 1 aliphatic carbocycles. The number of carboxylic acid groups (broad SMARTS) is 1. The molecule has 3 heterocycles. The number of fused-ring (bicyclic) bond motifs is 1. The molecule has 1 aromatic heterocycles. The maximum Gasteiger partial charge on any atom is 0.490 e. The lowest BCUT2D eigenvalue weighted by Crippen LogP contribution is -2.53. The Hall–Kier alpha value is -4.16. The summed E-state index contributed by atoms with van der Waals surface area (Å²) in [5.74, 6) is -2.27. The Bertz CT molecular complexity index is 1490. The Kier molecular flexibility index (Phi) is 9.48. The highest BCUT2D eigenvalue weighted by atomic mass is 19.4. The van der Waals surface area contributed by atoms with Gasteiger partial charge in [0.2, 0.25) is 11.8 Å². The van der Waals surface area contributed by atoms with E-state index in [1.807, 2.05) is 64.1 Å². The first kappa shape index (κ1) is 34.7. The average molecular weight is 646 g/mol. The lowest BCUT2D eigenvalue weighted by atomic mass is 9.86. The summed E-state index contributed by atoms with van der Waals surface area (Å²) in [6.07, 6.45) is 0.846. The van der Waals surface area contributed by atoms with Crippen molar-refractivity contribution in [3.05, 3.63) is 59.9 Å². The number of aromatic nitrogens is 1. The Morgan fingerprint density at radius 1 is 1.13 bits per heavy atom. The average Bonchev–Trinajstić information content (AvgIpc) is 3.55. The minimum atomic E-state index is -5.08. The van der Waals surface area contributed by atoms with Crippen LogP contribution in [0.3, 0.4) is 0 Å². The highest BCUT2D eigenvalue weighted by Gasteiger charge is 2.67. The Labute approximate surface area is 266 Å². The fourth-order valence-corrected chi connectivity index (χ4v) is 6.81. The third-order valence-corrected chi connectivity index (χ3v) is 9.44. The second-order valence-corrected chi connectivity index (χ2v) is 13.4. The number of alkyl halides is 3. The van der Waals surface area contributed by atoms with Crippen LogP contribution in [0.25, 0.3) is 0 Å². The summed E-state index contributed by atoms with van der Waals surface area (Å²) < 4.78 is 37.9. The Morgan fingerprint density at radius 2 is 1.76 bits per heavy atom. The maximum atomic E-state index is 14.0. The van der Waals surface area contributed by atoms with Crippen molar-refractivity contribution < 1.29 is 37.4 Å². The normalized spacial score (nSPS) is 24.6. The number of hydrogen-bond donors (Lipinski definition) is 3. The number of carboxylic acids is 1. The number of ether oxygens (including phenoxy) is 1. The van der Waals surface area contributed by atoms with Crippen LogP contribution in [0.5, 0.6) is 5.75 Å². The number of nitrogens with two attached hydrogens (primary N) is 1. The van der Waals surface area contributed by atoms with Gasteiger partial charge in [0.05, 0.1) is 24.0 Å². The number of aliphatic carboxylic acids is 1. The summed E-state index contributed by atoms with van der Waals surface area (Å²) in [5.41, 5.74) is 7.16. The topological polar surface area (TPSA) is 147 Å². The van der Waals surface area contributed by atoms with Crippen LogP contribution < -0.4 is 15.8 Å². The fourth-order valence-electron chi connectivity index (χ4n) is 6.81. The van der Waals surface area contributed by atoms with Crippen molar-refractivity contribution >= 4 is 23.7 Å². The standard InChI is InChI=1S/C31H41N5O3.C2HF3O2/c1-7-31(8-2)17-23(37)36(28(32)35-31)26(19-12-11-15-33-18-19)24-25(30(24,5)6)27(38)34-21-16-29(3,4)39-22-14-10-9-13-20(21)22;3-2(4,5)1(6)7/h9-15,18,21,24-26H,7-8,16-17H2,1-6H3,(H2,32,35)(H,34,38);(H,6,7)/t21-,24?,25?,26?;/m1./s1. The van der Waals surface area contributed by atoms with E-state index < -0.39 is 29.3 Å². The van der Waals surface area contributed by atoms with Crippen molar-refractivity contribution in [3.63, 3.8) is 0 Å². The molecule has 2 amide bonds. The van der Waals surface area contributed by atoms with Gasteiger partial charge in [0, 0.05) is 36.2 Å². The Morgan fingerprint density at radius 3 is 2.30 bits per heavy atom. The lowest BCUT2D eigenvalue weighted by molar-refractivity contribution is -0.192. The molecule has 13 heteroatoms. The summed E-state index contributed by atoms with van der Waals surface area (Å²) in [5, 5.41) is 10.5. The van der Waals surface area contributed by atoms with Crippen molar-refractivity contribution in [2.24, 2.45) is 28.0 Å². The van der Waals surface area contributed by atoms with Gasteiger partial charge in [-0.1, -0.05) is 52.0 Å². The van der Waals surface area contributed by atoms with Gasteiger partial charge >= 0.3 is 12.1 Å². The molecule has 10 nitrogen and oxygen atoms in total. The van der Waals surface area contributed by atoms with Gasteiger partial charge in [0.1, 0.15) is 11.4 Å². The molecule has 0 spiro atoms. The summed E-state index contributed by atoms with van der Waals surface area (Å²) in [6, 6.07) is 11.1. The van der Waals surface area contributed by atoms with Crippen molar-refractivity contribution in [2.45, 2.75) is 96.6 Å². The van der Waals surface area contributed by atoms with Crippen LogP contribution in [0.1, 0.15) is 90.4 Å². The number of rotatable bonds is 7. The SMILES string of the molecule is CCC1(CC)CC(=O)N(C(c2cccnc2)C2C(C(=O)N[C@@H]3CC(C)(C)Oc4ccccc43)C2(C)C)C(N)=N1.O=C(O)C(F)(F)F. The molecule has 1 saturated carbocycles. The molecule has 0 saturated heterocycles. The minimum Gasteiger partial charge on any atom is -0.487 e. The minimum absolute atomic E-state index is 0.0205. The molecule has 4 N–H and O–H groups in total. The van der Waals surface area contributed by atoms with Gasteiger partial charge in [0.15, 0.2) is 5.96 Å². The first-order chi connectivity index (χ1) is 21.4. The molecule has 1 fully saturated rings. The molecule has 2 aromatic rings. The number of amides is 2. The third-order valence-electron chi connectivity index (χ3n) is 9.44. The van der Waals surface area contributed by atoms with Crippen LogP contribution in [-0.4, -0.2) is 56.0 Å². The monoisotopic (exact) mass is 645 g/mol. The fraction of sp³-hybridized carbons (Fsp3) is 0.545. The molecular formula is C33H42F3N5O5. The number of guanidine groups is 1. The highest BCUT2D eigenvalue weighted by molar-refractivity contribution is 6.00. The third kappa shape index (κ3) is 6.97. The number of carbonyl (C=O) groups is 3. The predicted molar refractivity (Wildman–Crippen MR) is 164 cm³/mol. The number of nitrogens with zero attached hydrogens (tertiary/aromatic N) is 3. The molecule has 0 radical (unpaired) electrons. The van der Waals surface area contributed by atoms with Gasteiger partial charge in [-0.3, -0.25) is 19.5 Å². The number of halogens is 3. The van der Waals surface area contributed by atoms with E-state index in [2.05, 4.69) is 24.1 Å². The Balaban J connectivity index is 0.000000617. The van der Waals surface area contributed by atoms with E-state index in [9.17, 15) is 22.8 Å². The van der Waals surface area contributed by atoms with Gasteiger partial charge in [-0.05, 0) is 49.8 Å². The van der Waals surface area contributed by atoms with Gasteiger partial charge in [-0.25, -0.2) is 9.79 Å². The second-order valence-electron chi connectivity index (χ2n) is 13.4. The summed E-state index contributed by atoms with van der Waals surface area (Å²) in [4.78, 5) is 47.4. The van der Waals surface area contributed by atoms with E-state index in [1.165, 1.54) is 0 Å². The van der Waals surface area contributed by atoms with Crippen LogP contribution in [0.15, 0.2) is 53.8 Å². The number of hydrogen-bond acceptors (Lipinski definition) is 7. The van der Waals surface area contributed by atoms with Crippen molar-refractivity contribution in [1.29, 1.82) is 0 Å². The van der Waals surface area contributed by atoms with Gasteiger partial charge in [-0.2, -0.15) is 13.2 Å².